The number of rotatable bonds is 23. The fraction of sp³-hybridized carbons (Fsp3) is 0.357. The highest BCUT2D eigenvalue weighted by atomic mass is 16.8. The van der Waals surface area contributed by atoms with Gasteiger partial charge in [-0.05, 0) is 33.4 Å². The summed E-state index contributed by atoms with van der Waals surface area (Å²) in [6, 6.07) is 58.9. The molecule has 2 heterocycles. The van der Waals surface area contributed by atoms with E-state index in [-0.39, 0.29) is 46.2 Å². The molecular formula is C56H62O12. The summed E-state index contributed by atoms with van der Waals surface area (Å²) in [5.74, 6) is 0. The molecule has 0 saturated carbocycles. The summed E-state index contributed by atoms with van der Waals surface area (Å²) < 4.78 is 66.7. The molecule has 2 fully saturated rings. The van der Waals surface area contributed by atoms with E-state index in [1.54, 1.807) is 0 Å². The van der Waals surface area contributed by atoms with Crippen LogP contribution < -0.4 is 0 Å². The first-order valence-electron chi connectivity index (χ1n) is 23.2. The highest BCUT2D eigenvalue weighted by molar-refractivity contribution is 5.18. The highest BCUT2D eigenvalue weighted by Crippen LogP contribution is 2.36. The van der Waals surface area contributed by atoms with Gasteiger partial charge in [-0.2, -0.15) is 0 Å². The van der Waals surface area contributed by atoms with Crippen molar-refractivity contribution in [2.24, 2.45) is 0 Å². The fourth-order valence-electron chi connectivity index (χ4n) is 8.42. The first-order valence-corrected chi connectivity index (χ1v) is 23.2. The Morgan fingerprint density at radius 3 is 1.07 bits per heavy atom. The molecule has 2 saturated heterocycles. The molecule has 358 valence electrons. The normalized spacial score (nSPS) is 26.2. The molecule has 68 heavy (non-hydrogen) atoms. The Kier molecular flexibility index (Phi) is 18.8. The second kappa shape index (κ2) is 26.0. The van der Waals surface area contributed by atoms with Gasteiger partial charge in [0, 0.05) is 7.11 Å². The molecule has 0 spiro atoms. The number of methoxy groups -OCH3 is 1. The van der Waals surface area contributed by atoms with Gasteiger partial charge >= 0.3 is 0 Å². The monoisotopic (exact) mass is 926 g/mol. The number of aliphatic hydroxyl groups excluding tert-OH is 2. The number of benzene rings is 6. The highest BCUT2D eigenvalue weighted by Gasteiger charge is 2.54. The third kappa shape index (κ3) is 14.0. The van der Waals surface area contributed by atoms with Gasteiger partial charge in [0.05, 0.1) is 52.9 Å². The van der Waals surface area contributed by atoms with Gasteiger partial charge in [-0.25, -0.2) is 0 Å². The van der Waals surface area contributed by atoms with Crippen molar-refractivity contribution in [2.45, 2.75) is 107 Å². The summed E-state index contributed by atoms with van der Waals surface area (Å²) in [5, 5.41) is 23.8. The van der Waals surface area contributed by atoms with E-state index in [4.69, 9.17) is 47.4 Å². The molecule has 6 aromatic carbocycles. The average molecular weight is 927 g/mol. The molecule has 8 rings (SSSR count). The minimum absolute atomic E-state index is 0.0350. The van der Waals surface area contributed by atoms with Gasteiger partial charge in [-0.3, -0.25) is 0 Å². The van der Waals surface area contributed by atoms with Crippen LogP contribution in [0.4, 0.5) is 0 Å². The fourth-order valence-corrected chi connectivity index (χ4v) is 8.42. The van der Waals surface area contributed by atoms with Crippen molar-refractivity contribution in [3.8, 4) is 0 Å². The molecule has 12 heteroatoms. The SMILES string of the molecule is CO[C@H]1O[C@H](COCc2ccccc2)[C@@H](O[C@H]2O[C@H](COCc3ccccc3)[C@@H](OCc3ccccc3)[C@H](OCc3ccccc3)[C@H]2OCc2ccccc2)[C@H](OCc2ccccc2)[C@H](O)[C@H]1O. The molecule has 0 aliphatic carbocycles. The lowest BCUT2D eigenvalue weighted by molar-refractivity contribution is -0.350. The molecule has 0 radical (unpaired) electrons. The van der Waals surface area contributed by atoms with Crippen LogP contribution in [-0.2, 0) is 87.0 Å². The maximum atomic E-state index is 12.1. The standard InChI is InChI=1S/C56H62O12/c1-59-55-49(58)48(57)52(63-35-43-26-14-5-15-27-43)51(47(66-55)39-61-33-41-22-10-3-11-23-41)68-56-54(65-37-45-30-18-7-19-31-45)53(64-36-44-28-16-6-17-29-44)50(62-34-42-24-12-4-13-25-42)46(67-56)38-60-32-40-20-8-2-9-21-40/h2-31,46-58H,32-39H2,1H3/t46-,47-,48-,49-,50-,51-,52-,53+,54-,55+,56-/m1/s1. The smallest absolute Gasteiger partial charge is 0.187 e. The lowest BCUT2D eigenvalue weighted by atomic mass is 9.96. The Balaban J connectivity index is 1.18. The van der Waals surface area contributed by atoms with Crippen molar-refractivity contribution in [1.82, 2.24) is 0 Å². The van der Waals surface area contributed by atoms with Crippen LogP contribution in [0.5, 0.6) is 0 Å². The molecule has 0 aromatic heterocycles. The van der Waals surface area contributed by atoms with E-state index in [9.17, 15) is 10.2 Å². The van der Waals surface area contributed by atoms with E-state index in [1.807, 2.05) is 182 Å². The zero-order chi connectivity index (χ0) is 46.8. The Morgan fingerprint density at radius 1 is 0.353 bits per heavy atom. The number of hydrogen-bond donors (Lipinski definition) is 2. The first-order chi connectivity index (χ1) is 33.5. The van der Waals surface area contributed by atoms with Crippen LogP contribution >= 0.6 is 0 Å². The van der Waals surface area contributed by atoms with E-state index in [2.05, 4.69) is 0 Å². The minimum atomic E-state index is -1.54. The second-order valence-electron chi connectivity index (χ2n) is 16.9. The van der Waals surface area contributed by atoms with Crippen molar-refractivity contribution >= 4 is 0 Å². The van der Waals surface area contributed by atoms with E-state index in [1.165, 1.54) is 7.11 Å². The van der Waals surface area contributed by atoms with E-state index >= 15 is 0 Å². The van der Waals surface area contributed by atoms with E-state index in [0.29, 0.717) is 6.61 Å². The summed E-state index contributed by atoms with van der Waals surface area (Å²) in [6.45, 7) is 1.36. The third-order valence-corrected chi connectivity index (χ3v) is 12.0. The summed E-state index contributed by atoms with van der Waals surface area (Å²) in [5.41, 5.74) is 5.61. The summed E-state index contributed by atoms with van der Waals surface area (Å²) >= 11 is 0. The molecule has 11 atom stereocenters. The number of aliphatic hydroxyl groups is 2. The van der Waals surface area contributed by atoms with Crippen molar-refractivity contribution in [3.63, 3.8) is 0 Å². The van der Waals surface area contributed by atoms with Crippen LogP contribution in [0.2, 0.25) is 0 Å². The van der Waals surface area contributed by atoms with Crippen molar-refractivity contribution < 1.29 is 57.6 Å². The Hall–Kier alpha value is -5.16. The maximum absolute atomic E-state index is 12.1. The zero-order valence-corrected chi connectivity index (χ0v) is 38.3. The molecule has 0 unspecified atom stereocenters. The van der Waals surface area contributed by atoms with Gasteiger partial charge in [0.15, 0.2) is 12.6 Å². The summed E-state index contributed by atoms with van der Waals surface area (Å²) in [7, 11) is 1.41. The van der Waals surface area contributed by atoms with Gasteiger partial charge in [-0.1, -0.05) is 182 Å². The molecule has 12 nitrogen and oxygen atoms in total. The predicted octanol–water partition coefficient (Wildman–Crippen LogP) is 7.96. The van der Waals surface area contributed by atoms with Gasteiger partial charge < -0.3 is 57.6 Å². The summed E-state index contributed by atoms with van der Waals surface area (Å²) in [4.78, 5) is 0. The molecule has 2 aliphatic heterocycles. The van der Waals surface area contributed by atoms with Crippen LogP contribution in [0.3, 0.4) is 0 Å². The summed E-state index contributed by atoms with van der Waals surface area (Å²) in [6.07, 6.45) is -12.1. The number of hydrogen-bond acceptors (Lipinski definition) is 12. The largest absolute Gasteiger partial charge is 0.387 e. The van der Waals surface area contributed by atoms with Crippen molar-refractivity contribution in [2.75, 3.05) is 20.3 Å². The zero-order valence-electron chi connectivity index (χ0n) is 38.3. The van der Waals surface area contributed by atoms with E-state index < -0.39 is 67.5 Å². The van der Waals surface area contributed by atoms with Crippen LogP contribution in [0.15, 0.2) is 182 Å². The second-order valence-corrected chi connectivity index (χ2v) is 16.9. The molecular weight excluding hydrogens is 865 g/mol. The van der Waals surface area contributed by atoms with Crippen molar-refractivity contribution in [3.05, 3.63) is 215 Å². The number of ether oxygens (including phenoxy) is 10. The van der Waals surface area contributed by atoms with Crippen LogP contribution in [-0.4, -0.2) is 98.1 Å². The van der Waals surface area contributed by atoms with Gasteiger partial charge in [0.25, 0.3) is 0 Å². The third-order valence-electron chi connectivity index (χ3n) is 12.0. The lowest BCUT2D eigenvalue weighted by Crippen LogP contribution is -2.63. The Labute approximate surface area is 399 Å². The predicted molar refractivity (Wildman–Crippen MR) is 253 cm³/mol. The average Bonchev–Trinajstić information content (AvgIpc) is 3.48. The van der Waals surface area contributed by atoms with Crippen LogP contribution in [0.1, 0.15) is 33.4 Å². The Morgan fingerprint density at radius 2 is 0.676 bits per heavy atom. The van der Waals surface area contributed by atoms with Crippen molar-refractivity contribution in [1.29, 1.82) is 0 Å². The quantitative estimate of drug-likeness (QED) is 0.0646. The molecule has 6 aromatic rings. The molecule has 0 amide bonds. The lowest BCUT2D eigenvalue weighted by Gasteiger charge is -2.47. The maximum Gasteiger partial charge on any atom is 0.187 e. The Bertz CT molecular complexity index is 2280. The van der Waals surface area contributed by atoms with Gasteiger partial charge in [-0.15, -0.1) is 0 Å². The van der Waals surface area contributed by atoms with E-state index in [0.717, 1.165) is 33.4 Å². The molecule has 0 bridgehead atoms. The first kappa shape index (κ1) is 49.3. The minimum Gasteiger partial charge on any atom is -0.387 e. The van der Waals surface area contributed by atoms with Crippen LogP contribution in [0.25, 0.3) is 0 Å². The molecule has 2 aliphatic rings. The molecule has 2 N–H and O–H groups in total. The van der Waals surface area contributed by atoms with Gasteiger partial charge in [0.1, 0.15) is 54.9 Å². The van der Waals surface area contributed by atoms with Gasteiger partial charge in [0.2, 0.25) is 0 Å². The topological polar surface area (TPSA) is 133 Å². The van der Waals surface area contributed by atoms with Crippen LogP contribution in [0, 0.1) is 0 Å².